The second-order valence-corrected chi connectivity index (χ2v) is 7.39. The quantitative estimate of drug-likeness (QED) is 0.751. The summed E-state index contributed by atoms with van der Waals surface area (Å²) in [7, 11) is -3.37. The summed E-state index contributed by atoms with van der Waals surface area (Å²) in [6.07, 6.45) is 3.81. The SMILES string of the molecule is CCC(C)(O)CNC(=O)C1CCCCN1S(C)(=O)=O. The second kappa shape index (κ2) is 6.19. The summed E-state index contributed by atoms with van der Waals surface area (Å²) >= 11 is 0. The average molecular weight is 292 g/mol. The summed E-state index contributed by atoms with van der Waals surface area (Å²) in [4.78, 5) is 12.1. The molecule has 0 bridgehead atoms. The van der Waals surface area contributed by atoms with Gasteiger partial charge in [0, 0.05) is 13.1 Å². The van der Waals surface area contributed by atoms with Crippen LogP contribution in [0.3, 0.4) is 0 Å². The minimum absolute atomic E-state index is 0.135. The van der Waals surface area contributed by atoms with E-state index in [0.717, 1.165) is 19.1 Å². The minimum Gasteiger partial charge on any atom is -0.388 e. The summed E-state index contributed by atoms with van der Waals surface area (Å²) in [6, 6.07) is -0.642. The molecule has 19 heavy (non-hydrogen) atoms. The summed E-state index contributed by atoms with van der Waals surface area (Å²) in [5.74, 6) is -0.321. The third-order valence-electron chi connectivity index (χ3n) is 3.59. The van der Waals surface area contributed by atoms with Gasteiger partial charge < -0.3 is 10.4 Å². The molecule has 1 saturated heterocycles. The summed E-state index contributed by atoms with van der Waals surface area (Å²) in [6.45, 7) is 4.00. The van der Waals surface area contributed by atoms with Crippen LogP contribution in [-0.4, -0.2) is 54.7 Å². The van der Waals surface area contributed by atoms with E-state index in [9.17, 15) is 18.3 Å². The van der Waals surface area contributed by atoms with Gasteiger partial charge in [-0.15, -0.1) is 0 Å². The number of sulfonamides is 1. The molecule has 0 radical (unpaired) electrons. The van der Waals surface area contributed by atoms with Crippen LogP contribution in [0.4, 0.5) is 0 Å². The molecular weight excluding hydrogens is 268 g/mol. The molecule has 2 unspecified atom stereocenters. The third-order valence-corrected chi connectivity index (χ3v) is 4.88. The smallest absolute Gasteiger partial charge is 0.238 e. The lowest BCUT2D eigenvalue weighted by molar-refractivity contribution is -0.126. The number of hydrogen-bond acceptors (Lipinski definition) is 4. The number of amides is 1. The van der Waals surface area contributed by atoms with Gasteiger partial charge >= 0.3 is 0 Å². The lowest BCUT2D eigenvalue weighted by Crippen LogP contribution is -2.53. The second-order valence-electron chi connectivity index (χ2n) is 5.45. The van der Waals surface area contributed by atoms with Crippen LogP contribution < -0.4 is 5.32 Å². The molecule has 1 fully saturated rings. The van der Waals surface area contributed by atoms with Crippen molar-refractivity contribution >= 4 is 15.9 Å². The lowest BCUT2D eigenvalue weighted by Gasteiger charge is -2.33. The average Bonchev–Trinajstić information content (AvgIpc) is 2.35. The van der Waals surface area contributed by atoms with Crippen LogP contribution in [0.2, 0.25) is 0 Å². The molecule has 1 aliphatic rings. The molecule has 2 atom stereocenters. The molecule has 1 heterocycles. The molecule has 0 aliphatic carbocycles. The van der Waals surface area contributed by atoms with Crippen LogP contribution in [0.5, 0.6) is 0 Å². The molecule has 0 aromatic carbocycles. The van der Waals surface area contributed by atoms with Crippen LogP contribution in [-0.2, 0) is 14.8 Å². The first-order chi connectivity index (χ1) is 8.67. The number of rotatable bonds is 5. The van der Waals surface area contributed by atoms with Crippen molar-refractivity contribution in [1.29, 1.82) is 0 Å². The van der Waals surface area contributed by atoms with Gasteiger partial charge in [-0.1, -0.05) is 13.3 Å². The number of carbonyl (C=O) groups excluding carboxylic acids is 1. The first-order valence-electron chi connectivity index (χ1n) is 6.64. The Kier molecular flexibility index (Phi) is 5.34. The first-order valence-corrected chi connectivity index (χ1v) is 8.49. The van der Waals surface area contributed by atoms with E-state index in [1.165, 1.54) is 4.31 Å². The van der Waals surface area contributed by atoms with Crippen molar-refractivity contribution in [3.63, 3.8) is 0 Å². The van der Waals surface area contributed by atoms with Gasteiger partial charge in [0.25, 0.3) is 0 Å². The highest BCUT2D eigenvalue weighted by Gasteiger charge is 2.34. The molecule has 0 aromatic heterocycles. The predicted molar refractivity (Wildman–Crippen MR) is 73.1 cm³/mol. The Labute approximate surface area is 115 Å². The molecule has 0 saturated carbocycles. The van der Waals surface area contributed by atoms with E-state index in [1.54, 1.807) is 6.92 Å². The summed E-state index contributed by atoms with van der Waals surface area (Å²) < 4.78 is 24.6. The highest BCUT2D eigenvalue weighted by molar-refractivity contribution is 7.88. The molecule has 1 amide bonds. The summed E-state index contributed by atoms with van der Waals surface area (Å²) in [5, 5.41) is 12.5. The maximum absolute atomic E-state index is 12.1. The summed E-state index contributed by atoms with van der Waals surface area (Å²) in [5.41, 5.74) is -0.958. The van der Waals surface area contributed by atoms with Crippen LogP contribution in [0.1, 0.15) is 39.5 Å². The van der Waals surface area contributed by atoms with Crippen LogP contribution in [0, 0.1) is 0 Å². The molecule has 6 nitrogen and oxygen atoms in total. The number of nitrogens with one attached hydrogen (secondary N) is 1. The molecule has 7 heteroatoms. The first kappa shape index (κ1) is 16.4. The number of aliphatic hydroxyl groups is 1. The fourth-order valence-electron chi connectivity index (χ4n) is 2.08. The predicted octanol–water partition coefficient (Wildman–Crippen LogP) is 0.0777. The topological polar surface area (TPSA) is 86.7 Å². The molecule has 2 N–H and O–H groups in total. The van der Waals surface area contributed by atoms with Crippen LogP contribution in [0.25, 0.3) is 0 Å². The molecule has 1 rings (SSSR count). The van der Waals surface area contributed by atoms with Crippen molar-refractivity contribution in [2.24, 2.45) is 0 Å². The third kappa shape index (κ3) is 4.74. The fraction of sp³-hybridized carbons (Fsp3) is 0.917. The van der Waals surface area contributed by atoms with Crippen molar-refractivity contribution in [3.8, 4) is 0 Å². The van der Waals surface area contributed by atoms with Gasteiger partial charge in [-0.25, -0.2) is 8.42 Å². The van der Waals surface area contributed by atoms with E-state index < -0.39 is 21.7 Å². The zero-order valence-electron chi connectivity index (χ0n) is 11.8. The van der Waals surface area contributed by atoms with E-state index in [2.05, 4.69) is 5.32 Å². The number of piperidine rings is 1. The standard InChI is InChI=1S/C12H24N2O4S/c1-4-12(2,16)9-13-11(15)10-7-5-6-8-14(10)19(3,17)18/h10,16H,4-9H2,1-3H3,(H,13,15). The largest absolute Gasteiger partial charge is 0.388 e. The Balaban J connectivity index is 2.68. The van der Waals surface area contributed by atoms with E-state index in [-0.39, 0.29) is 12.5 Å². The molecule has 0 spiro atoms. The minimum atomic E-state index is -3.37. The fourth-order valence-corrected chi connectivity index (χ4v) is 3.21. The lowest BCUT2D eigenvalue weighted by atomic mass is 10.0. The molecule has 112 valence electrons. The van der Waals surface area contributed by atoms with Gasteiger partial charge in [0.05, 0.1) is 11.9 Å². The Morgan fingerprint density at radius 2 is 2.11 bits per heavy atom. The maximum Gasteiger partial charge on any atom is 0.238 e. The van der Waals surface area contributed by atoms with E-state index in [4.69, 9.17) is 0 Å². The molecule has 1 aliphatic heterocycles. The normalized spacial score (nSPS) is 24.7. The van der Waals surface area contributed by atoms with Crippen molar-refractivity contribution in [3.05, 3.63) is 0 Å². The number of hydrogen-bond donors (Lipinski definition) is 2. The Hall–Kier alpha value is -0.660. The highest BCUT2D eigenvalue weighted by Crippen LogP contribution is 2.20. The van der Waals surface area contributed by atoms with Crippen molar-refractivity contribution in [2.45, 2.75) is 51.2 Å². The van der Waals surface area contributed by atoms with Crippen molar-refractivity contribution < 1.29 is 18.3 Å². The van der Waals surface area contributed by atoms with Crippen LogP contribution in [0.15, 0.2) is 0 Å². The van der Waals surface area contributed by atoms with Gasteiger partial charge in [-0.3, -0.25) is 4.79 Å². The van der Waals surface area contributed by atoms with Crippen molar-refractivity contribution in [2.75, 3.05) is 19.3 Å². The van der Waals surface area contributed by atoms with Gasteiger partial charge in [-0.2, -0.15) is 4.31 Å². The van der Waals surface area contributed by atoms with E-state index in [0.29, 0.717) is 19.4 Å². The van der Waals surface area contributed by atoms with Crippen molar-refractivity contribution in [1.82, 2.24) is 9.62 Å². The van der Waals surface area contributed by atoms with Gasteiger partial charge in [0.1, 0.15) is 6.04 Å². The molecular formula is C12H24N2O4S. The maximum atomic E-state index is 12.1. The van der Waals surface area contributed by atoms with E-state index in [1.807, 2.05) is 6.92 Å². The highest BCUT2D eigenvalue weighted by atomic mass is 32.2. The Bertz CT molecular complexity index is 419. The number of nitrogens with zero attached hydrogens (tertiary/aromatic N) is 1. The van der Waals surface area contributed by atoms with Gasteiger partial charge in [0.2, 0.25) is 15.9 Å². The zero-order chi connectivity index (χ0) is 14.7. The number of carbonyl (C=O) groups is 1. The zero-order valence-corrected chi connectivity index (χ0v) is 12.7. The van der Waals surface area contributed by atoms with Crippen LogP contribution >= 0.6 is 0 Å². The van der Waals surface area contributed by atoms with Gasteiger partial charge in [-0.05, 0) is 26.2 Å². The molecule has 0 aromatic rings. The Morgan fingerprint density at radius 1 is 1.47 bits per heavy atom. The monoisotopic (exact) mass is 292 g/mol. The van der Waals surface area contributed by atoms with Gasteiger partial charge in [0.15, 0.2) is 0 Å². The van der Waals surface area contributed by atoms with E-state index >= 15 is 0 Å². The Morgan fingerprint density at radius 3 is 2.63 bits per heavy atom.